The van der Waals surface area contributed by atoms with Gasteiger partial charge in [-0.05, 0) is 53.8 Å². The first-order valence-corrected chi connectivity index (χ1v) is 8.94. The van der Waals surface area contributed by atoms with Gasteiger partial charge in [0.2, 0.25) is 0 Å². The van der Waals surface area contributed by atoms with Crippen molar-refractivity contribution in [2.45, 2.75) is 11.8 Å². The van der Waals surface area contributed by atoms with Crippen molar-refractivity contribution in [2.24, 2.45) is 0 Å². The van der Waals surface area contributed by atoms with Gasteiger partial charge in [-0.25, -0.2) is 17.4 Å². The van der Waals surface area contributed by atoms with Gasteiger partial charge in [-0.3, -0.25) is 0 Å². The van der Waals surface area contributed by atoms with Crippen LogP contribution in [0.1, 0.15) is 5.56 Å². The third-order valence-corrected chi connectivity index (χ3v) is 6.13. The molecule has 0 aliphatic carbocycles. The van der Waals surface area contributed by atoms with Gasteiger partial charge in [0.05, 0.1) is 13.6 Å². The second kappa shape index (κ2) is 5.26. The quantitative estimate of drug-likeness (QED) is 0.578. The molecule has 0 spiro atoms. The van der Waals surface area contributed by atoms with Gasteiger partial charge in [0, 0.05) is 11.6 Å². The Balaban J connectivity index is 2.28. The van der Waals surface area contributed by atoms with Gasteiger partial charge in [-0.2, -0.15) is 0 Å². The molecule has 0 aliphatic heterocycles. The summed E-state index contributed by atoms with van der Waals surface area (Å²) in [5.74, 6) is 0. The SMILES string of the molecule is Cc1ccc(S(=O)(=O)n2c(I)cc3cc(Cl)cnc32)cc1. The zero-order chi connectivity index (χ0) is 15.2. The number of nitrogens with zero attached hydrogens (tertiary/aromatic N) is 2. The Hall–Kier alpha value is -1.12. The van der Waals surface area contributed by atoms with Gasteiger partial charge >= 0.3 is 0 Å². The Morgan fingerprint density at radius 3 is 2.52 bits per heavy atom. The highest BCUT2D eigenvalue weighted by molar-refractivity contribution is 14.1. The lowest BCUT2D eigenvalue weighted by atomic mass is 10.2. The summed E-state index contributed by atoms with van der Waals surface area (Å²) in [6.07, 6.45) is 1.45. The van der Waals surface area contributed by atoms with Crippen molar-refractivity contribution >= 4 is 55.2 Å². The first-order chi connectivity index (χ1) is 9.89. The molecule has 0 N–H and O–H groups in total. The summed E-state index contributed by atoms with van der Waals surface area (Å²) in [5.41, 5.74) is 1.38. The normalized spacial score (nSPS) is 12.0. The minimum absolute atomic E-state index is 0.236. The van der Waals surface area contributed by atoms with Crippen LogP contribution in [0.2, 0.25) is 5.02 Å². The maximum atomic E-state index is 12.8. The van der Waals surface area contributed by atoms with E-state index < -0.39 is 10.0 Å². The number of aryl methyl sites for hydroxylation is 1. The summed E-state index contributed by atoms with van der Waals surface area (Å²) in [6.45, 7) is 1.91. The first kappa shape index (κ1) is 14.8. The average molecular weight is 433 g/mol. The number of halogens is 2. The second-order valence-electron chi connectivity index (χ2n) is 4.62. The third kappa shape index (κ3) is 2.56. The smallest absolute Gasteiger partial charge is 0.236 e. The number of fused-ring (bicyclic) bond motifs is 1. The molecule has 2 aromatic heterocycles. The maximum absolute atomic E-state index is 12.8. The van der Waals surface area contributed by atoms with E-state index in [1.807, 2.05) is 29.5 Å². The van der Waals surface area contributed by atoms with Crippen molar-refractivity contribution in [3.8, 4) is 0 Å². The van der Waals surface area contributed by atoms with Crippen molar-refractivity contribution in [1.29, 1.82) is 0 Å². The third-order valence-electron chi connectivity index (χ3n) is 3.08. The van der Waals surface area contributed by atoms with E-state index in [4.69, 9.17) is 11.6 Å². The van der Waals surface area contributed by atoms with Crippen LogP contribution in [0.25, 0.3) is 11.0 Å². The molecule has 7 heteroatoms. The average Bonchev–Trinajstić information content (AvgIpc) is 2.74. The number of rotatable bonds is 2. The number of aromatic nitrogens is 2. The molecule has 0 bridgehead atoms. The largest absolute Gasteiger partial charge is 0.270 e. The fourth-order valence-corrected chi connectivity index (χ4v) is 4.92. The van der Waals surface area contributed by atoms with E-state index in [2.05, 4.69) is 4.98 Å². The molecule has 1 aromatic carbocycles. The van der Waals surface area contributed by atoms with Crippen LogP contribution in [0.15, 0.2) is 47.5 Å². The van der Waals surface area contributed by atoms with Crippen LogP contribution in [-0.2, 0) is 10.0 Å². The van der Waals surface area contributed by atoms with Crippen LogP contribution < -0.4 is 0 Å². The molecule has 0 saturated heterocycles. The van der Waals surface area contributed by atoms with E-state index in [0.717, 1.165) is 5.56 Å². The second-order valence-corrected chi connectivity index (χ2v) is 7.94. The van der Waals surface area contributed by atoms with Gasteiger partial charge in [-0.1, -0.05) is 29.3 Å². The standard InChI is InChI=1S/C14H10ClIN2O2S/c1-9-2-4-12(5-3-9)21(19,20)18-13(16)7-10-6-11(15)8-17-14(10)18/h2-8H,1H3. The zero-order valence-electron chi connectivity index (χ0n) is 10.9. The van der Waals surface area contributed by atoms with E-state index in [1.165, 1.54) is 10.2 Å². The van der Waals surface area contributed by atoms with Crippen molar-refractivity contribution in [3.05, 3.63) is 56.9 Å². The lowest BCUT2D eigenvalue weighted by Crippen LogP contribution is -2.14. The van der Waals surface area contributed by atoms with Gasteiger partial charge in [-0.15, -0.1) is 0 Å². The molecule has 3 aromatic rings. The first-order valence-electron chi connectivity index (χ1n) is 6.04. The fraction of sp³-hybridized carbons (Fsp3) is 0.0714. The molecular formula is C14H10ClIN2O2S. The van der Waals surface area contributed by atoms with Crippen molar-refractivity contribution in [2.75, 3.05) is 0 Å². The predicted molar refractivity (Wildman–Crippen MR) is 91.2 cm³/mol. The van der Waals surface area contributed by atoms with Gasteiger partial charge in [0.1, 0.15) is 0 Å². The summed E-state index contributed by atoms with van der Waals surface area (Å²) in [5, 5.41) is 1.17. The summed E-state index contributed by atoms with van der Waals surface area (Å²) in [6, 6.07) is 10.2. The molecule has 2 heterocycles. The van der Waals surface area contributed by atoms with Crippen LogP contribution >= 0.6 is 34.2 Å². The highest BCUT2D eigenvalue weighted by atomic mass is 127. The molecule has 0 atom stereocenters. The van der Waals surface area contributed by atoms with Crippen LogP contribution in [0.5, 0.6) is 0 Å². The van der Waals surface area contributed by atoms with Gasteiger partial charge in [0.25, 0.3) is 10.0 Å². The Bertz CT molecular complexity index is 934. The molecule has 0 amide bonds. The summed E-state index contributed by atoms with van der Waals surface area (Å²) >= 11 is 7.89. The topological polar surface area (TPSA) is 52.0 Å². The monoisotopic (exact) mass is 432 g/mol. The van der Waals surface area contributed by atoms with E-state index in [9.17, 15) is 8.42 Å². The Morgan fingerprint density at radius 1 is 1.19 bits per heavy atom. The number of hydrogen-bond donors (Lipinski definition) is 0. The minimum atomic E-state index is -3.68. The highest BCUT2D eigenvalue weighted by Crippen LogP contribution is 2.27. The fourth-order valence-electron chi connectivity index (χ4n) is 2.06. The van der Waals surface area contributed by atoms with E-state index in [1.54, 1.807) is 36.4 Å². The van der Waals surface area contributed by atoms with E-state index in [-0.39, 0.29) is 4.90 Å². The minimum Gasteiger partial charge on any atom is -0.236 e. The lowest BCUT2D eigenvalue weighted by molar-refractivity contribution is 0.588. The van der Waals surface area contributed by atoms with Crippen LogP contribution in [0.3, 0.4) is 0 Å². The number of benzene rings is 1. The van der Waals surface area contributed by atoms with Crippen molar-refractivity contribution < 1.29 is 8.42 Å². The lowest BCUT2D eigenvalue weighted by Gasteiger charge is -2.08. The molecule has 0 aliphatic rings. The molecule has 108 valence electrons. The van der Waals surface area contributed by atoms with E-state index >= 15 is 0 Å². The molecule has 0 unspecified atom stereocenters. The number of hydrogen-bond acceptors (Lipinski definition) is 3. The van der Waals surface area contributed by atoms with Gasteiger partial charge < -0.3 is 0 Å². The van der Waals surface area contributed by atoms with Crippen LogP contribution in [0.4, 0.5) is 0 Å². The summed E-state index contributed by atoms with van der Waals surface area (Å²) < 4.78 is 27.4. The number of pyridine rings is 1. The maximum Gasteiger partial charge on any atom is 0.270 e. The Morgan fingerprint density at radius 2 is 1.86 bits per heavy atom. The zero-order valence-corrected chi connectivity index (χ0v) is 14.6. The van der Waals surface area contributed by atoms with Crippen LogP contribution in [-0.4, -0.2) is 17.4 Å². The Labute approximate surface area is 140 Å². The van der Waals surface area contributed by atoms with Gasteiger partial charge in [0.15, 0.2) is 5.65 Å². The van der Waals surface area contributed by atoms with Crippen LogP contribution in [0, 0.1) is 10.6 Å². The summed E-state index contributed by atoms with van der Waals surface area (Å²) in [4.78, 5) is 4.39. The summed E-state index contributed by atoms with van der Waals surface area (Å²) in [7, 11) is -3.68. The Kier molecular flexibility index (Phi) is 3.71. The molecule has 21 heavy (non-hydrogen) atoms. The molecule has 3 rings (SSSR count). The van der Waals surface area contributed by atoms with Crippen molar-refractivity contribution in [1.82, 2.24) is 8.96 Å². The molecule has 0 saturated carbocycles. The molecule has 4 nitrogen and oxygen atoms in total. The van der Waals surface area contributed by atoms with E-state index in [0.29, 0.717) is 19.8 Å². The predicted octanol–water partition coefficient (Wildman–Crippen LogP) is 3.84. The highest BCUT2D eigenvalue weighted by Gasteiger charge is 2.22. The molecule has 0 radical (unpaired) electrons. The molecule has 0 fully saturated rings. The molecular weight excluding hydrogens is 423 g/mol. The van der Waals surface area contributed by atoms with Crippen molar-refractivity contribution in [3.63, 3.8) is 0 Å².